The number of fused-ring (bicyclic) bond motifs is 1. The lowest BCUT2D eigenvalue weighted by molar-refractivity contribution is 0.331. The van der Waals surface area contributed by atoms with Gasteiger partial charge in [0.05, 0.1) is 18.1 Å². The van der Waals surface area contributed by atoms with Gasteiger partial charge in [-0.3, -0.25) is 9.58 Å². The second-order valence-electron chi connectivity index (χ2n) is 8.08. The van der Waals surface area contributed by atoms with Crippen molar-refractivity contribution in [3.63, 3.8) is 0 Å². The van der Waals surface area contributed by atoms with E-state index in [4.69, 9.17) is 4.99 Å². The average molecular weight is 436 g/mol. The third kappa shape index (κ3) is 5.73. The monoisotopic (exact) mass is 435 g/mol. The summed E-state index contributed by atoms with van der Waals surface area (Å²) in [6, 6.07) is 8.84. The van der Waals surface area contributed by atoms with Crippen molar-refractivity contribution in [2.75, 3.05) is 38.0 Å². The molecule has 0 unspecified atom stereocenters. The molecule has 0 saturated carbocycles. The summed E-state index contributed by atoms with van der Waals surface area (Å²) in [5.41, 5.74) is 3.41. The highest BCUT2D eigenvalue weighted by Gasteiger charge is 2.11. The van der Waals surface area contributed by atoms with E-state index in [1.54, 1.807) is 17.2 Å². The van der Waals surface area contributed by atoms with E-state index in [9.17, 15) is 0 Å². The van der Waals surface area contributed by atoms with Gasteiger partial charge in [-0.05, 0) is 44.0 Å². The third-order valence-corrected chi connectivity index (χ3v) is 5.63. The van der Waals surface area contributed by atoms with Gasteiger partial charge in [-0.2, -0.15) is 5.10 Å². The average Bonchev–Trinajstić information content (AvgIpc) is 3.46. The number of benzene rings is 1. The van der Waals surface area contributed by atoms with Crippen molar-refractivity contribution in [3.8, 4) is 0 Å². The molecule has 3 heterocycles. The fourth-order valence-corrected chi connectivity index (χ4v) is 3.93. The molecule has 1 aliphatic heterocycles. The molecule has 0 radical (unpaired) electrons. The molecular formula is C23H33N9. The highest BCUT2D eigenvalue weighted by molar-refractivity contribution is 5.86. The Morgan fingerprint density at radius 3 is 2.59 bits per heavy atom. The zero-order valence-electron chi connectivity index (χ0n) is 19.0. The smallest absolute Gasteiger partial charge is 0.191 e. The molecule has 2 aromatic heterocycles. The number of hydrogen-bond donors (Lipinski definition) is 3. The van der Waals surface area contributed by atoms with Gasteiger partial charge >= 0.3 is 0 Å². The normalized spacial score (nSPS) is 14.8. The summed E-state index contributed by atoms with van der Waals surface area (Å²) in [5.74, 6) is 1.60. The predicted octanol–water partition coefficient (Wildman–Crippen LogP) is 2.13. The van der Waals surface area contributed by atoms with Crippen LogP contribution in [0.15, 0.2) is 41.8 Å². The van der Waals surface area contributed by atoms with E-state index in [0.29, 0.717) is 19.6 Å². The van der Waals surface area contributed by atoms with Crippen LogP contribution < -0.4 is 16.0 Å². The Balaban J connectivity index is 1.26. The number of nitrogens with one attached hydrogen (secondary N) is 3. The van der Waals surface area contributed by atoms with Gasteiger partial charge in [-0.25, -0.2) is 15.0 Å². The van der Waals surface area contributed by atoms with E-state index in [0.717, 1.165) is 35.9 Å². The van der Waals surface area contributed by atoms with Gasteiger partial charge in [0.2, 0.25) is 0 Å². The number of hydrogen-bond acceptors (Lipinski definition) is 6. The first kappa shape index (κ1) is 22.0. The highest BCUT2D eigenvalue weighted by Crippen LogP contribution is 2.17. The van der Waals surface area contributed by atoms with Crippen LogP contribution >= 0.6 is 0 Å². The highest BCUT2D eigenvalue weighted by atomic mass is 15.3. The molecule has 170 valence electrons. The molecule has 9 nitrogen and oxygen atoms in total. The van der Waals surface area contributed by atoms with Gasteiger partial charge in [0.1, 0.15) is 12.1 Å². The Morgan fingerprint density at radius 2 is 1.81 bits per heavy atom. The SMILES string of the molecule is CCNC(=NCc1ccc(CN2CCCC2)cc1)NCCNc1ncnc2c1cnn2C. The summed E-state index contributed by atoms with van der Waals surface area (Å²) in [4.78, 5) is 15.9. The maximum atomic E-state index is 4.73. The summed E-state index contributed by atoms with van der Waals surface area (Å²) >= 11 is 0. The second kappa shape index (κ2) is 10.9. The summed E-state index contributed by atoms with van der Waals surface area (Å²) in [5, 5.41) is 15.2. The van der Waals surface area contributed by atoms with Gasteiger partial charge < -0.3 is 16.0 Å². The van der Waals surface area contributed by atoms with Crippen molar-refractivity contribution in [2.45, 2.75) is 32.9 Å². The molecule has 3 aromatic rings. The molecule has 4 rings (SSSR count). The Labute approximate surface area is 189 Å². The van der Waals surface area contributed by atoms with E-state index in [2.05, 4.69) is 67.1 Å². The van der Waals surface area contributed by atoms with Gasteiger partial charge in [-0.1, -0.05) is 24.3 Å². The fourth-order valence-electron chi connectivity index (χ4n) is 3.93. The molecule has 0 aliphatic carbocycles. The molecule has 0 atom stereocenters. The molecular weight excluding hydrogens is 402 g/mol. The zero-order chi connectivity index (χ0) is 22.2. The van der Waals surface area contributed by atoms with Gasteiger partial charge in [0.25, 0.3) is 0 Å². The van der Waals surface area contributed by atoms with Crippen LogP contribution in [-0.2, 0) is 20.1 Å². The first-order chi connectivity index (χ1) is 15.7. The third-order valence-electron chi connectivity index (χ3n) is 5.63. The number of anilines is 1. The number of guanidine groups is 1. The van der Waals surface area contributed by atoms with Crippen LogP contribution in [0.1, 0.15) is 30.9 Å². The predicted molar refractivity (Wildman–Crippen MR) is 129 cm³/mol. The quantitative estimate of drug-likeness (QED) is 0.269. The van der Waals surface area contributed by atoms with E-state index in [1.807, 2.05) is 7.05 Å². The van der Waals surface area contributed by atoms with Crippen LogP contribution in [0.5, 0.6) is 0 Å². The molecule has 0 spiro atoms. The standard InChI is InChI=1S/C23H33N9/c1-3-24-23(26-11-10-25-21-20-15-30-31(2)22(20)29-17-28-21)27-14-18-6-8-19(9-7-18)16-32-12-4-5-13-32/h6-9,15,17H,3-5,10-14,16H2,1-2H3,(H2,24,26,27)(H,25,28,29). The first-order valence-electron chi connectivity index (χ1n) is 11.4. The lowest BCUT2D eigenvalue weighted by Gasteiger charge is -2.14. The van der Waals surface area contributed by atoms with E-state index >= 15 is 0 Å². The Bertz CT molecular complexity index is 1020. The molecule has 1 aliphatic rings. The van der Waals surface area contributed by atoms with Crippen LogP contribution in [0.3, 0.4) is 0 Å². The minimum Gasteiger partial charge on any atom is -0.368 e. The topological polar surface area (TPSA) is 95.3 Å². The van der Waals surface area contributed by atoms with Crippen LogP contribution in [0.2, 0.25) is 0 Å². The number of likely N-dealkylation sites (tertiary alicyclic amines) is 1. The van der Waals surface area contributed by atoms with E-state index < -0.39 is 0 Å². The summed E-state index contributed by atoms with van der Waals surface area (Å²) in [7, 11) is 1.88. The largest absolute Gasteiger partial charge is 0.368 e. The minimum atomic E-state index is 0.648. The van der Waals surface area contributed by atoms with Crippen molar-refractivity contribution < 1.29 is 0 Å². The molecule has 3 N–H and O–H groups in total. The maximum absolute atomic E-state index is 4.73. The Hall–Kier alpha value is -3.20. The first-order valence-corrected chi connectivity index (χ1v) is 11.4. The van der Waals surface area contributed by atoms with Gasteiger partial charge in [0.15, 0.2) is 11.6 Å². The molecule has 0 amide bonds. The van der Waals surface area contributed by atoms with Gasteiger partial charge in [-0.15, -0.1) is 0 Å². The summed E-state index contributed by atoms with van der Waals surface area (Å²) < 4.78 is 1.75. The second-order valence-corrected chi connectivity index (χ2v) is 8.08. The number of aryl methyl sites for hydroxylation is 1. The number of nitrogens with zero attached hydrogens (tertiary/aromatic N) is 6. The van der Waals surface area contributed by atoms with E-state index in [-0.39, 0.29) is 0 Å². The molecule has 1 aromatic carbocycles. The van der Waals surface area contributed by atoms with Crippen LogP contribution in [0.4, 0.5) is 5.82 Å². The van der Waals surface area contributed by atoms with Crippen LogP contribution in [0, 0.1) is 0 Å². The van der Waals surface area contributed by atoms with Crippen molar-refractivity contribution in [2.24, 2.45) is 12.0 Å². The zero-order valence-corrected chi connectivity index (χ0v) is 19.0. The summed E-state index contributed by atoms with van der Waals surface area (Å²) in [6.07, 6.45) is 6.00. The lowest BCUT2D eigenvalue weighted by atomic mass is 10.1. The molecule has 1 saturated heterocycles. The van der Waals surface area contributed by atoms with Gasteiger partial charge in [0, 0.05) is 33.2 Å². The van der Waals surface area contributed by atoms with Crippen molar-refractivity contribution in [1.29, 1.82) is 0 Å². The molecule has 9 heteroatoms. The maximum Gasteiger partial charge on any atom is 0.191 e. The van der Waals surface area contributed by atoms with Crippen molar-refractivity contribution in [1.82, 2.24) is 35.3 Å². The minimum absolute atomic E-state index is 0.648. The Kier molecular flexibility index (Phi) is 7.50. The van der Waals surface area contributed by atoms with Crippen molar-refractivity contribution >= 4 is 22.8 Å². The number of aliphatic imine (C=N–C) groups is 1. The van der Waals surface area contributed by atoms with E-state index in [1.165, 1.54) is 37.1 Å². The lowest BCUT2D eigenvalue weighted by Crippen LogP contribution is -2.39. The molecule has 0 bridgehead atoms. The summed E-state index contributed by atoms with van der Waals surface area (Å²) in [6.45, 7) is 8.46. The van der Waals surface area contributed by atoms with Crippen LogP contribution in [-0.4, -0.2) is 63.3 Å². The van der Waals surface area contributed by atoms with Crippen molar-refractivity contribution in [3.05, 3.63) is 47.9 Å². The fraction of sp³-hybridized carbons (Fsp3) is 0.478. The number of rotatable bonds is 9. The molecule has 32 heavy (non-hydrogen) atoms. The number of aromatic nitrogens is 4. The van der Waals surface area contributed by atoms with Crippen LogP contribution in [0.25, 0.3) is 11.0 Å². The Morgan fingerprint density at radius 1 is 1.03 bits per heavy atom. The molecule has 1 fully saturated rings.